The Morgan fingerprint density at radius 3 is 2.76 bits per heavy atom. The summed E-state index contributed by atoms with van der Waals surface area (Å²) in [6, 6.07) is 0. The van der Waals surface area contributed by atoms with Gasteiger partial charge in [0.25, 0.3) is 0 Å². The second kappa shape index (κ2) is 6.19. The highest BCUT2D eigenvalue weighted by molar-refractivity contribution is 7.15. The van der Waals surface area contributed by atoms with Crippen molar-refractivity contribution in [3.63, 3.8) is 0 Å². The topological polar surface area (TPSA) is 77.5 Å². The van der Waals surface area contributed by atoms with Crippen LogP contribution in [0.15, 0.2) is 0 Å². The van der Waals surface area contributed by atoms with Gasteiger partial charge in [0.15, 0.2) is 10.8 Å². The summed E-state index contributed by atoms with van der Waals surface area (Å²) in [6.45, 7) is 3.87. The number of ether oxygens (including phenoxy) is 2. The van der Waals surface area contributed by atoms with E-state index in [2.05, 4.69) is 15.0 Å². The van der Waals surface area contributed by atoms with Crippen LogP contribution in [0.1, 0.15) is 22.3 Å². The highest BCUT2D eigenvalue weighted by Crippen LogP contribution is 2.22. The molecule has 0 amide bonds. The number of nitrogens with zero attached hydrogens (tertiary/aromatic N) is 1. The molecular weight excluding hydrogens is 244 g/mol. The van der Waals surface area contributed by atoms with E-state index in [1.165, 1.54) is 18.4 Å². The van der Waals surface area contributed by atoms with Crippen molar-refractivity contribution in [3.05, 3.63) is 10.6 Å². The third kappa shape index (κ3) is 3.70. The maximum absolute atomic E-state index is 11.3. The molecule has 1 heterocycles. The minimum atomic E-state index is -0.483. The van der Waals surface area contributed by atoms with Gasteiger partial charge in [-0.1, -0.05) is 0 Å². The molecule has 0 aliphatic heterocycles. The van der Waals surface area contributed by atoms with Crippen molar-refractivity contribution < 1.29 is 19.1 Å². The summed E-state index contributed by atoms with van der Waals surface area (Å²) in [6.07, 6.45) is 0. The molecule has 0 fully saturated rings. The van der Waals surface area contributed by atoms with Crippen molar-refractivity contribution in [2.75, 3.05) is 25.6 Å². The van der Waals surface area contributed by atoms with Crippen LogP contribution in [0, 0.1) is 6.92 Å². The Morgan fingerprint density at radius 2 is 2.18 bits per heavy atom. The van der Waals surface area contributed by atoms with Gasteiger partial charge in [0.1, 0.15) is 6.54 Å². The Bertz CT molecular complexity index is 416. The molecule has 0 radical (unpaired) electrons. The molecule has 7 heteroatoms. The molecular formula is C10H14N2O4S. The van der Waals surface area contributed by atoms with Crippen LogP contribution in [0.2, 0.25) is 0 Å². The number of aromatic nitrogens is 1. The molecule has 17 heavy (non-hydrogen) atoms. The molecule has 0 atom stereocenters. The Balaban J connectivity index is 2.61. The van der Waals surface area contributed by atoms with Crippen molar-refractivity contribution in [2.24, 2.45) is 0 Å². The Labute approximate surface area is 103 Å². The van der Waals surface area contributed by atoms with E-state index in [0.29, 0.717) is 11.7 Å². The predicted octanol–water partition coefficient (Wildman–Crippen LogP) is 1.21. The molecule has 1 rings (SSSR count). The third-order valence-electron chi connectivity index (χ3n) is 1.86. The number of methoxy groups -OCH3 is 1. The van der Waals surface area contributed by atoms with E-state index in [9.17, 15) is 9.59 Å². The number of anilines is 1. The lowest BCUT2D eigenvalue weighted by molar-refractivity contribution is -0.140. The number of carbonyl (C=O) groups is 2. The number of nitrogens with one attached hydrogen (secondary N) is 1. The summed E-state index contributed by atoms with van der Waals surface area (Å²) in [5, 5.41) is 3.29. The predicted molar refractivity (Wildman–Crippen MR) is 63.3 cm³/mol. The average molecular weight is 258 g/mol. The minimum absolute atomic E-state index is 0.0292. The molecule has 0 unspecified atom stereocenters. The van der Waals surface area contributed by atoms with E-state index in [1.807, 2.05) is 0 Å². The normalized spacial score (nSPS) is 9.82. The Kier molecular flexibility index (Phi) is 4.89. The van der Waals surface area contributed by atoms with E-state index in [0.717, 1.165) is 4.88 Å². The van der Waals surface area contributed by atoms with Gasteiger partial charge in [0.2, 0.25) is 0 Å². The first-order valence-electron chi connectivity index (χ1n) is 5.03. The Morgan fingerprint density at radius 1 is 1.47 bits per heavy atom. The molecule has 1 aromatic heterocycles. The van der Waals surface area contributed by atoms with Crippen LogP contribution in [0.5, 0.6) is 0 Å². The number of thiazole rings is 1. The lowest BCUT2D eigenvalue weighted by atomic mass is 10.4. The fourth-order valence-electron chi connectivity index (χ4n) is 1.12. The molecule has 0 spiro atoms. The van der Waals surface area contributed by atoms with Crippen LogP contribution in [0.3, 0.4) is 0 Å². The van der Waals surface area contributed by atoms with Crippen molar-refractivity contribution in [2.45, 2.75) is 13.8 Å². The SMILES string of the molecule is CCOC(=O)CNc1nc(C(=O)OC)c(C)s1. The lowest BCUT2D eigenvalue weighted by Gasteiger charge is -2.01. The zero-order valence-corrected chi connectivity index (χ0v) is 10.7. The van der Waals surface area contributed by atoms with Gasteiger partial charge in [-0.2, -0.15) is 0 Å². The fourth-order valence-corrected chi connectivity index (χ4v) is 1.91. The molecule has 6 nitrogen and oxygen atoms in total. The quantitative estimate of drug-likeness (QED) is 0.800. The van der Waals surface area contributed by atoms with E-state index in [1.54, 1.807) is 13.8 Å². The minimum Gasteiger partial charge on any atom is -0.465 e. The number of rotatable bonds is 5. The first-order chi connectivity index (χ1) is 8.08. The van der Waals surface area contributed by atoms with E-state index >= 15 is 0 Å². The smallest absolute Gasteiger partial charge is 0.357 e. The third-order valence-corrected chi connectivity index (χ3v) is 2.79. The molecule has 94 valence electrons. The van der Waals surface area contributed by atoms with Crippen LogP contribution < -0.4 is 5.32 Å². The van der Waals surface area contributed by atoms with Crippen molar-refractivity contribution in [1.29, 1.82) is 0 Å². The molecule has 1 N–H and O–H groups in total. The van der Waals surface area contributed by atoms with Gasteiger partial charge in [-0.3, -0.25) is 4.79 Å². The van der Waals surface area contributed by atoms with Crippen LogP contribution in [-0.2, 0) is 14.3 Å². The maximum Gasteiger partial charge on any atom is 0.357 e. The van der Waals surface area contributed by atoms with Crippen molar-refractivity contribution in [3.8, 4) is 0 Å². The van der Waals surface area contributed by atoms with Crippen LogP contribution in [0.25, 0.3) is 0 Å². The highest BCUT2D eigenvalue weighted by atomic mass is 32.1. The summed E-state index contributed by atoms with van der Waals surface area (Å²) in [4.78, 5) is 27.2. The zero-order chi connectivity index (χ0) is 12.8. The summed E-state index contributed by atoms with van der Waals surface area (Å²) in [7, 11) is 1.30. The highest BCUT2D eigenvalue weighted by Gasteiger charge is 2.16. The molecule has 1 aromatic rings. The summed E-state index contributed by atoms with van der Waals surface area (Å²) in [5.74, 6) is -0.845. The monoisotopic (exact) mass is 258 g/mol. The molecule has 0 aliphatic carbocycles. The van der Waals surface area contributed by atoms with Gasteiger partial charge in [-0.25, -0.2) is 9.78 Å². The Hall–Kier alpha value is -1.63. The molecule has 0 saturated heterocycles. The van der Waals surface area contributed by atoms with Crippen LogP contribution >= 0.6 is 11.3 Å². The number of esters is 2. The van der Waals surface area contributed by atoms with Crippen molar-refractivity contribution in [1.82, 2.24) is 4.98 Å². The summed E-state index contributed by atoms with van der Waals surface area (Å²) in [5.41, 5.74) is 0.267. The molecule has 0 aromatic carbocycles. The van der Waals surface area contributed by atoms with E-state index < -0.39 is 5.97 Å². The molecule has 0 saturated carbocycles. The average Bonchev–Trinajstić information content (AvgIpc) is 2.67. The van der Waals surface area contributed by atoms with Crippen LogP contribution in [-0.4, -0.2) is 37.2 Å². The van der Waals surface area contributed by atoms with E-state index in [-0.39, 0.29) is 18.2 Å². The fraction of sp³-hybridized carbons (Fsp3) is 0.500. The summed E-state index contributed by atoms with van der Waals surface area (Å²) < 4.78 is 9.33. The van der Waals surface area contributed by atoms with Gasteiger partial charge < -0.3 is 14.8 Å². The molecule has 0 aliphatic rings. The van der Waals surface area contributed by atoms with E-state index in [4.69, 9.17) is 4.74 Å². The zero-order valence-electron chi connectivity index (χ0n) is 9.90. The van der Waals surface area contributed by atoms with Gasteiger partial charge in [0, 0.05) is 4.88 Å². The lowest BCUT2D eigenvalue weighted by Crippen LogP contribution is -2.16. The standard InChI is InChI=1S/C10H14N2O4S/c1-4-16-7(13)5-11-10-12-8(6(2)17-10)9(14)15-3/h4-5H2,1-3H3,(H,11,12). The van der Waals surface area contributed by atoms with Crippen LogP contribution in [0.4, 0.5) is 5.13 Å². The first kappa shape index (κ1) is 13.4. The number of hydrogen-bond acceptors (Lipinski definition) is 7. The second-order valence-electron chi connectivity index (χ2n) is 3.07. The number of aryl methyl sites for hydroxylation is 1. The maximum atomic E-state index is 11.3. The number of hydrogen-bond donors (Lipinski definition) is 1. The van der Waals surface area contributed by atoms with Gasteiger partial charge in [-0.05, 0) is 13.8 Å². The van der Waals surface area contributed by atoms with Gasteiger partial charge in [0.05, 0.1) is 13.7 Å². The second-order valence-corrected chi connectivity index (χ2v) is 4.28. The first-order valence-corrected chi connectivity index (χ1v) is 5.85. The van der Waals surface area contributed by atoms with Gasteiger partial charge in [-0.15, -0.1) is 11.3 Å². The number of carbonyl (C=O) groups excluding carboxylic acids is 2. The molecule has 0 bridgehead atoms. The van der Waals surface area contributed by atoms with Gasteiger partial charge >= 0.3 is 11.9 Å². The van der Waals surface area contributed by atoms with Crippen molar-refractivity contribution >= 4 is 28.4 Å². The summed E-state index contributed by atoms with van der Waals surface area (Å²) >= 11 is 1.29. The largest absolute Gasteiger partial charge is 0.465 e.